The zero-order valence-electron chi connectivity index (χ0n) is 10.3. The second kappa shape index (κ2) is 4.89. The van der Waals surface area contributed by atoms with E-state index in [1.165, 1.54) is 12.1 Å². The van der Waals surface area contributed by atoms with Gasteiger partial charge in [0.25, 0.3) is 0 Å². The molecule has 2 aromatic rings. The highest BCUT2D eigenvalue weighted by atomic mass is 19.1. The topological polar surface area (TPSA) is 35.8 Å². The SMILES string of the molecule is Cc1cc(F)cc(Nc2c(C)cccc2C#N)c1. The van der Waals surface area contributed by atoms with Crippen LogP contribution in [0.5, 0.6) is 0 Å². The third kappa shape index (κ3) is 2.49. The first kappa shape index (κ1) is 12.1. The Morgan fingerprint density at radius 3 is 2.61 bits per heavy atom. The predicted molar refractivity (Wildman–Crippen MR) is 70.3 cm³/mol. The molecule has 0 aliphatic heterocycles. The standard InChI is InChI=1S/C15H13FN2/c1-10-6-13(16)8-14(7-10)18-15-11(2)4-3-5-12(15)9-17/h3-8,18H,1-2H3. The molecule has 90 valence electrons. The highest BCUT2D eigenvalue weighted by Crippen LogP contribution is 2.25. The molecule has 0 aromatic heterocycles. The molecule has 0 bridgehead atoms. The molecule has 0 heterocycles. The molecule has 0 saturated heterocycles. The van der Waals surface area contributed by atoms with Crippen LogP contribution in [0.3, 0.4) is 0 Å². The molecule has 0 aliphatic carbocycles. The minimum absolute atomic E-state index is 0.287. The van der Waals surface area contributed by atoms with Crippen molar-refractivity contribution in [3.8, 4) is 6.07 Å². The second-order valence-electron chi connectivity index (χ2n) is 4.25. The highest BCUT2D eigenvalue weighted by molar-refractivity contribution is 5.70. The van der Waals surface area contributed by atoms with E-state index in [1.54, 1.807) is 6.07 Å². The number of halogens is 1. The van der Waals surface area contributed by atoms with Gasteiger partial charge >= 0.3 is 0 Å². The first-order chi connectivity index (χ1) is 8.60. The van der Waals surface area contributed by atoms with Gasteiger partial charge in [-0.2, -0.15) is 5.26 Å². The fourth-order valence-corrected chi connectivity index (χ4v) is 1.88. The molecule has 0 fully saturated rings. The quantitative estimate of drug-likeness (QED) is 0.859. The van der Waals surface area contributed by atoms with Gasteiger partial charge in [-0.15, -0.1) is 0 Å². The predicted octanol–water partition coefficient (Wildman–Crippen LogP) is 4.06. The maximum Gasteiger partial charge on any atom is 0.125 e. The number of rotatable bonds is 2. The Hall–Kier alpha value is -2.34. The van der Waals surface area contributed by atoms with E-state index in [9.17, 15) is 4.39 Å². The lowest BCUT2D eigenvalue weighted by atomic mass is 10.1. The summed E-state index contributed by atoms with van der Waals surface area (Å²) in [4.78, 5) is 0. The average Bonchev–Trinajstić information content (AvgIpc) is 2.30. The van der Waals surface area contributed by atoms with Gasteiger partial charge in [-0.25, -0.2) is 4.39 Å². The van der Waals surface area contributed by atoms with E-state index in [2.05, 4.69) is 11.4 Å². The van der Waals surface area contributed by atoms with Crippen LogP contribution in [0, 0.1) is 31.0 Å². The lowest BCUT2D eigenvalue weighted by molar-refractivity contribution is 0.627. The molecule has 0 radical (unpaired) electrons. The van der Waals surface area contributed by atoms with Crippen LogP contribution in [-0.2, 0) is 0 Å². The Kier molecular flexibility index (Phi) is 3.29. The summed E-state index contributed by atoms with van der Waals surface area (Å²) in [5.41, 5.74) is 3.72. The maximum atomic E-state index is 13.3. The van der Waals surface area contributed by atoms with E-state index >= 15 is 0 Å². The molecule has 0 aliphatic rings. The lowest BCUT2D eigenvalue weighted by Crippen LogP contribution is -1.97. The van der Waals surface area contributed by atoms with Gasteiger partial charge < -0.3 is 5.32 Å². The molecule has 2 aromatic carbocycles. The van der Waals surface area contributed by atoms with Crippen LogP contribution in [0.2, 0.25) is 0 Å². The van der Waals surface area contributed by atoms with E-state index in [0.717, 1.165) is 16.8 Å². The molecule has 0 spiro atoms. The summed E-state index contributed by atoms with van der Waals surface area (Å²) in [6.45, 7) is 3.74. The molecule has 1 N–H and O–H groups in total. The molecule has 18 heavy (non-hydrogen) atoms. The van der Waals surface area contributed by atoms with Gasteiger partial charge in [-0.1, -0.05) is 12.1 Å². The third-order valence-electron chi connectivity index (χ3n) is 2.70. The van der Waals surface area contributed by atoms with Gasteiger partial charge in [0.1, 0.15) is 11.9 Å². The zero-order valence-corrected chi connectivity index (χ0v) is 10.3. The van der Waals surface area contributed by atoms with Crippen molar-refractivity contribution in [3.05, 3.63) is 58.9 Å². The van der Waals surface area contributed by atoms with Crippen molar-refractivity contribution in [2.75, 3.05) is 5.32 Å². The Morgan fingerprint density at radius 2 is 1.94 bits per heavy atom. The van der Waals surface area contributed by atoms with Gasteiger partial charge in [-0.05, 0) is 49.2 Å². The molecule has 3 heteroatoms. The normalized spacial score (nSPS) is 9.89. The number of hydrogen-bond acceptors (Lipinski definition) is 2. The smallest absolute Gasteiger partial charge is 0.125 e. The number of nitriles is 1. The molecule has 2 nitrogen and oxygen atoms in total. The summed E-state index contributed by atoms with van der Waals surface area (Å²) in [5, 5.41) is 12.2. The summed E-state index contributed by atoms with van der Waals surface area (Å²) in [6, 6.07) is 12.3. The summed E-state index contributed by atoms with van der Waals surface area (Å²) in [7, 11) is 0. The summed E-state index contributed by atoms with van der Waals surface area (Å²) in [6.07, 6.45) is 0. The number of aryl methyl sites for hydroxylation is 2. The third-order valence-corrected chi connectivity index (χ3v) is 2.70. The maximum absolute atomic E-state index is 13.3. The monoisotopic (exact) mass is 240 g/mol. The van der Waals surface area contributed by atoms with Crippen molar-refractivity contribution in [1.82, 2.24) is 0 Å². The molecule has 0 amide bonds. The van der Waals surface area contributed by atoms with Gasteiger partial charge in [0.05, 0.1) is 11.3 Å². The van der Waals surface area contributed by atoms with E-state index < -0.39 is 0 Å². The van der Waals surface area contributed by atoms with Gasteiger partial charge in [0.15, 0.2) is 0 Å². The fourth-order valence-electron chi connectivity index (χ4n) is 1.88. The van der Waals surface area contributed by atoms with Gasteiger partial charge in [0.2, 0.25) is 0 Å². The molecule has 0 atom stereocenters. The molecular formula is C15H13FN2. The fraction of sp³-hybridized carbons (Fsp3) is 0.133. The lowest BCUT2D eigenvalue weighted by Gasteiger charge is -2.12. The largest absolute Gasteiger partial charge is 0.354 e. The Bertz CT molecular complexity index is 607. The summed E-state index contributed by atoms with van der Waals surface area (Å²) >= 11 is 0. The van der Waals surface area contributed by atoms with Crippen molar-refractivity contribution in [3.63, 3.8) is 0 Å². The van der Waals surface area contributed by atoms with E-state index in [1.807, 2.05) is 32.0 Å². The number of nitrogens with zero attached hydrogens (tertiary/aromatic N) is 1. The van der Waals surface area contributed by atoms with Crippen LogP contribution in [0.1, 0.15) is 16.7 Å². The van der Waals surface area contributed by atoms with Crippen LogP contribution in [-0.4, -0.2) is 0 Å². The summed E-state index contributed by atoms with van der Waals surface area (Å²) in [5.74, 6) is -0.287. The van der Waals surface area contributed by atoms with Crippen molar-refractivity contribution in [2.45, 2.75) is 13.8 Å². The highest BCUT2D eigenvalue weighted by Gasteiger charge is 2.06. The van der Waals surface area contributed by atoms with Crippen molar-refractivity contribution in [2.24, 2.45) is 0 Å². The van der Waals surface area contributed by atoms with E-state index in [0.29, 0.717) is 11.3 Å². The van der Waals surface area contributed by atoms with Gasteiger partial charge in [-0.3, -0.25) is 0 Å². The first-order valence-corrected chi connectivity index (χ1v) is 5.64. The number of anilines is 2. The number of nitrogens with one attached hydrogen (secondary N) is 1. The molecule has 0 saturated carbocycles. The van der Waals surface area contributed by atoms with E-state index in [-0.39, 0.29) is 5.82 Å². The van der Waals surface area contributed by atoms with Crippen LogP contribution >= 0.6 is 0 Å². The summed E-state index contributed by atoms with van der Waals surface area (Å²) < 4.78 is 13.3. The minimum atomic E-state index is -0.287. The first-order valence-electron chi connectivity index (χ1n) is 5.64. The van der Waals surface area contributed by atoms with Crippen LogP contribution in [0.25, 0.3) is 0 Å². The number of hydrogen-bond donors (Lipinski definition) is 1. The number of para-hydroxylation sites is 1. The van der Waals surface area contributed by atoms with Crippen molar-refractivity contribution >= 4 is 11.4 Å². The van der Waals surface area contributed by atoms with Crippen molar-refractivity contribution in [1.29, 1.82) is 5.26 Å². The van der Waals surface area contributed by atoms with Crippen LogP contribution in [0.4, 0.5) is 15.8 Å². The minimum Gasteiger partial charge on any atom is -0.354 e. The van der Waals surface area contributed by atoms with Crippen molar-refractivity contribution < 1.29 is 4.39 Å². The Labute approximate surface area is 106 Å². The second-order valence-corrected chi connectivity index (χ2v) is 4.25. The van der Waals surface area contributed by atoms with Crippen LogP contribution < -0.4 is 5.32 Å². The number of benzene rings is 2. The Morgan fingerprint density at radius 1 is 1.17 bits per heavy atom. The molecule has 0 unspecified atom stereocenters. The van der Waals surface area contributed by atoms with Crippen LogP contribution in [0.15, 0.2) is 36.4 Å². The van der Waals surface area contributed by atoms with E-state index in [4.69, 9.17) is 5.26 Å². The zero-order chi connectivity index (χ0) is 13.1. The molecule has 2 rings (SSSR count). The average molecular weight is 240 g/mol. The van der Waals surface area contributed by atoms with Gasteiger partial charge in [0, 0.05) is 5.69 Å². The molecular weight excluding hydrogens is 227 g/mol. The Balaban J connectivity index is 2.43.